The monoisotopic (exact) mass is 282 g/mol. The number of benzene rings is 2. The lowest BCUT2D eigenvalue weighted by Crippen LogP contribution is -1.84. The molecule has 2 aromatic rings. The number of para-hydroxylation sites is 2. The summed E-state index contributed by atoms with van der Waals surface area (Å²) in [6.07, 6.45) is 9.25. The molecule has 0 saturated carbocycles. The summed E-state index contributed by atoms with van der Waals surface area (Å²) in [7, 11) is 0. The maximum absolute atomic E-state index is 5.99. The molecule has 2 rings (SSSR count). The minimum Gasteiger partial charge on any atom is -0.362 e. The number of hydrogen-bond acceptors (Lipinski definition) is 2. The second kappa shape index (κ2) is 7.97. The summed E-state index contributed by atoms with van der Waals surface area (Å²) in [5.41, 5.74) is 1.83. The van der Waals surface area contributed by atoms with E-state index in [0.29, 0.717) is 5.02 Å². The first-order chi connectivity index (χ1) is 9.86. The molecule has 2 aromatic carbocycles. The Morgan fingerprint density at radius 1 is 0.850 bits per heavy atom. The van der Waals surface area contributed by atoms with Crippen LogP contribution in [0.3, 0.4) is 0 Å². The van der Waals surface area contributed by atoms with Crippen molar-refractivity contribution in [2.75, 3.05) is 5.32 Å². The molecule has 1 N–H and O–H groups in total. The third-order valence-corrected chi connectivity index (χ3v) is 2.81. The summed E-state index contributed by atoms with van der Waals surface area (Å²) in [6, 6.07) is 17.5. The molecule has 20 heavy (non-hydrogen) atoms. The van der Waals surface area contributed by atoms with Crippen LogP contribution >= 0.6 is 11.6 Å². The number of halogens is 1. The van der Waals surface area contributed by atoms with Gasteiger partial charge < -0.3 is 5.32 Å². The van der Waals surface area contributed by atoms with Crippen molar-refractivity contribution in [2.45, 2.75) is 0 Å². The van der Waals surface area contributed by atoms with Gasteiger partial charge in [-0.1, -0.05) is 48.0 Å². The van der Waals surface area contributed by atoms with E-state index in [0.717, 1.165) is 11.4 Å². The van der Waals surface area contributed by atoms with Gasteiger partial charge in [-0.05, 0) is 36.4 Å². The molecule has 100 valence electrons. The first kappa shape index (κ1) is 14.1. The molecule has 3 heteroatoms. The van der Waals surface area contributed by atoms with E-state index in [1.54, 1.807) is 6.21 Å². The van der Waals surface area contributed by atoms with Gasteiger partial charge in [-0.25, -0.2) is 0 Å². The highest BCUT2D eigenvalue weighted by atomic mass is 35.5. The van der Waals surface area contributed by atoms with E-state index >= 15 is 0 Å². The predicted octanol–water partition coefficient (Wildman–Crippen LogP) is 5.22. The van der Waals surface area contributed by atoms with E-state index in [9.17, 15) is 0 Å². The summed E-state index contributed by atoms with van der Waals surface area (Å²) in [6.45, 7) is 0. The Labute approximate surface area is 124 Å². The van der Waals surface area contributed by atoms with E-state index < -0.39 is 0 Å². The van der Waals surface area contributed by atoms with Crippen molar-refractivity contribution in [3.05, 3.63) is 84.0 Å². The fourth-order valence-corrected chi connectivity index (χ4v) is 1.71. The first-order valence-electron chi connectivity index (χ1n) is 6.28. The van der Waals surface area contributed by atoms with Crippen LogP contribution in [0.25, 0.3) is 0 Å². The van der Waals surface area contributed by atoms with Crippen molar-refractivity contribution in [1.29, 1.82) is 0 Å². The van der Waals surface area contributed by atoms with Gasteiger partial charge in [0.25, 0.3) is 0 Å². The number of nitrogens with one attached hydrogen (secondary N) is 1. The van der Waals surface area contributed by atoms with Crippen LogP contribution in [0.15, 0.2) is 84.0 Å². The number of hydrogen-bond donors (Lipinski definition) is 1. The summed E-state index contributed by atoms with van der Waals surface area (Å²) in [5, 5.41) is 3.82. The second-order valence-corrected chi connectivity index (χ2v) is 4.39. The Bertz CT molecular complexity index is 616. The fourth-order valence-electron chi connectivity index (χ4n) is 1.53. The highest BCUT2D eigenvalue weighted by molar-refractivity contribution is 6.33. The molecular weight excluding hydrogens is 268 g/mol. The molecule has 0 amide bonds. The largest absolute Gasteiger partial charge is 0.362 e. The van der Waals surface area contributed by atoms with E-state index in [4.69, 9.17) is 11.6 Å². The Hall–Kier alpha value is -2.32. The van der Waals surface area contributed by atoms with Crippen molar-refractivity contribution in [3.8, 4) is 0 Å². The molecule has 0 aromatic heterocycles. The van der Waals surface area contributed by atoms with E-state index in [2.05, 4.69) is 10.3 Å². The zero-order valence-corrected chi connectivity index (χ0v) is 11.7. The summed E-state index contributed by atoms with van der Waals surface area (Å²) < 4.78 is 0. The van der Waals surface area contributed by atoms with Crippen molar-refractivity contribution in [2.24, 2.45) is 4.99 Å². The van der Waals surface area contributed by atoms with Crippen LogP contribution in [0.2, 0.25) is 5.02 Å². The van der Waals surface area contributed by atoms with Gasteiger partial charge >= 0.3 is 0 Å². The van der Waals surface area contributed by atoms with Crippen LogP contribution in [0, 0.1) is 0 Å². The maximum Gasteiger partial charge on any atom is 0.0815 e. The summed E-state index contributed by atoms with van der Waals surface area (Å²) in [5.74, 6) is 0. The van der Waals surface area contributed by atoms with Crippen LogP contribution in [-0.2, 0) is 0 Å². The molecule has 0 radical (unpaired) electrons. The van der Waals surface area contributed by atoms with Gasteiger partial charge in [0, 0.05) is 18.1 Å². The van der Waals surface area contributed by atoms with E-state index in [1.165, 1.54) is 0 Å². The number of rotatable bonds is 5. The quantitative estimate of drug-likeness (QED) is 0.590. The Morgan fingerprint density at radius 2 is 1.60 bits per heavy atom. The molecule has 0 saturated heterocycles. The van der Waals surface area contributed by atoms with Crippen LogP contribution in [0.1, 0.15) is 0 Å². The van der Waals surface area contributed by atoms with Gasteiger partial charge in [0.05, 0.1) is 10.7 Å². The molecule has 0 spiro atoms. The van der Waals surface area contributed by atoms with Gasteiger partial charge in [-0.15, -0.1) is 0 Å². The molecule has 0 heterocycles. The van der Waals surface area contributed by atoms with Gasteiger partial charge in [-0.3, -0.25) is 4.99 Å². The highest BCUT2D eigenvalue weighted by Crippen LogP contribution is 2.22. The number of aliphatic imine (C=N–C) groups is 1. The first-order valence-corrected chi connectivity index (χ1v) is 6.66. The number of anilines is 1. The third-order valence-electron chi connectivity index (χ3n) is 2.49. The Morgan fingerprint density at radius 3 is 2.40 bits per heavy atom. The predicted molar refractivity (Wildman–Crippen MR) is 87.9 cm³/mol. The zero-order chi connectivity index (χ0) is 14.0. The van der Waals surface area contributed by atoms with Crippen LogP contribution in [0.5, 0.6) is 0 Å². The lowest BCUT2D eigenvalue weighted by Gasteiger charge is -1.97. The molecular formula is C17H15ClN2. The molecule has 0 aliphatic carbocycles. The fraction of sp³-hybridized carbons (Fsp3) is 0. The van der Waals surface area contributed by atoms with Crippen LogP contribution in [-0.4, -0.2) is 6.21 Å². The van der Waals surface area contributed by atoms with Gasteiger partial charge in [0.1, 0.15) is 0 Å². The lowest BCUT2D eigenvalue weighted by molar-refractivity contribution is 1.54. The Balaban J connectivity index is 1.81. The third kappa shape index (κ3) is 4.75. The summed E-state index contributed by atoms with van der Waals surface area (Å²) >= 11 is 5.99. The van der Waals surface area contributed by atoms with Crippen molar-refractivity contribution >= 4 is 29.2 Å². The molecule has 0 aliphatic rings. The minimum atomic E-state index is 0.651. The van der Waals surface area contributed by atoms with Crippen molar-refractivity contribution in [1.82, 2.24) is 0 Å². The summed E-state index contributed by atoms with van der Waals surface area (Å²) in [4.78, 5) is 4.26. The topological polar surface area (TPSA) is 24.4 Å². The SMILES string of the molecule is Clc1ccccc1N=CC=CC=CNc1ccccc1. The average molecular weight is 283 g/mol. The highest BCUT2D eigenvalue weighted by Gasteiger charge is 1.92. The average Bonchev–Trinajstić information content (AvgIpc) is 2.49. The standard InChI is InChI=1S/C17H15ClN2/c18-16-11-5-6-12-17(16)20-14-8-2-7-13-19-15-9-3-1-4-10-15/h1-14,19H. The molecule has 0 atom stereocenters. The normalized spacial score (nSPS) is 11.7. The maximum atomic E-state index is 5.99. The molecule has 0 aliphatic heterocycles. The second-order valence-electron chi connectivity index (χ2n) is 3.98. The zero-order valence-electron chi connectivity index (χ0n) is 10.9. The van der Waals surface area contributed by atoms with Crippen LogP contribution < -0.4 is 5.32 Å². The number of allylic oxidation sites excluding steroid dienone is 3. The lowest BCUT2D eigenvalue weighted by atomic mass is 10.3. The van der Waals surface area contributed by atoms with Gasteiger partial charge in [-0.2, -0.15) is 0 Å². The van der Waals surface area contributed by atoms with E-state index in [1.807, 2.05) is 79.0 Å². The minimum absolute atomic E-state index is 0.651. The van der Waals surface area contributed by atoms with Crippen molar-refractivity contribution < 1.29 is 0 Å². The van der Waals surface area contributed by atoms with Crippen molar-refractivity contribution in [3.63, 3.8) is 0 Å². The number of nitrogens with zero attached hydrogens (tertiary/aromatic N) is 1. The smallest absolute Gasteiger partial charge is 0.0815 e. The van der Waals surface area contributed by atoms with Gasteiger partial charge in [0.2, 0.25) is 0 Å². The van der Waals surface area contributed by atoms with Gasteiger partial charge in [0.15, 0.2) is 0 Å². The van der Waals surface area contributed by atoms with E-state index in [-0.39, 0.29) is 0 Å². The molecule has 0 unspecified atom stereocenters. The molecule has 2 nitrogen and oxygen atoms in total. The van der Waals surface area contributed by atoms with Crippen LogP contribution in [0.4, 0.5) is 11.4 Å². The Kier molecular flexibility index (Phi) is 5.62. The molecule has 0 bridgehead atoms. The molecule has 0 fully saturated rings.